The van der Waals surface area contributed by atoms with E-state index in [1.165, 1.54) is 38.0 Å². The third-order valence-corrected chi connectivity index (χ3v) is 3.25. The highest BCUT2D eigenvalue weighted by molar-refractivity contribution is 5.06. The zero-order valence-electron chi connectivity index (χ0n) is 9.39. The van der Waals surface area contributed by atoms with Crippen LogP contribution in [0.4, 0.5) is 0 Å². The van der Waals surface area contributed by atoms with Gasteiger partial charge in [-0.2, -0.15) is 0 Å². The first-order valence-electron chi connectivity index (χ1n) is 5.73. The Balaban J connectivity index is 2.12. The SMILES string of the molecule is Cn1cncc1C(CN)N1CCCCC1. The Morgan fingerprint density at radius 2 is 2.13 bits per heavy atom. The van der Waals surface area contributed by atoms with E-state index in [2.05, 4.69) is 14.5 Å². The van der Waals surface area contributed by atoms with E-state index in [4.69, 9.17) is 5.73 Å². The Morgan fingerprint density at radius 3 is 2.67 bits per heavy atom. The highest BCUT2D eigenvalue weighted by atomic mass is 15.2. The molecule has 1 aliphatic rings. The highest BCUT2D eigenvalue weighted by Crippen LogP contribution is 2.22. The lowest BCUT2D eigenvalue weighted by atomic mass is 10.1. The van der Waals surface area contributed by atoms with Gasteiger partial charge < -0.3 is 10.3 Å². The first kappa shape index (κ1) is 10.6. The van der Waals surface area contributed by atoms with E-state index in [0.29, 0.717) is 12.6 Å². The van der Waals surface area contributed by atoms with Crippen molar-refractivity contribution < 1.29 is 0 Å². The van der Waals surface area contributed by atoms with Gasteiger partial charge in [-0.05, 0) is 25.9 Å². The molecular weight excluding hydrogens is 188 g/mol. The van der Waals surface area contributed by atoms with E-state index in [9.17, 15) is 0 Å². The summed E-state index contributed by atoms with van der Waals surface area (Å²) in [6.07, 6.45) is 7.75. The van der Waals surface area contributed by atoms with Crippen LogP contribution in [0, 0.1) is 0 Å². The molecule has 0 aliphatic carbocycles. The predicted octanol–water partition coefficient (Wildman–Crippen LogP) is 0.906. The molecule has 0 bridgehead atoms. The summed E-state index contributed by atoms with van der Waals surface area (Å²) >= 11 is 0. The van der Waals surface area contributed by atoms with Crippen LogP contribution >= 0.6 is 0 Å². The number of hydrogen-bond acceptors (Lipinski definition) is 3. The van der Waals surface area contributed by atoms with Gasteiger partial charge in [0.2, 0.25) is 0 Å². The van der Waals surface area contributed by atoms with Gasteiger partial charge in [0.05, 0.1) is 18.1 Å². The number of nitrogens with zero attached hydrogens (tertiary/aromatic N) is 3. The summed E-state index contributed by atoms with van der Waals surface area (Å²) in [4.78, 5) is 6.65. The Morgan fingerprint density at radius 1 is 1.40 bits per heavy atom. The molecule has 15 heavy (non-hydrogen) atoms. The van der Waals surface area contributed by atoms with Gasteiger partial charge in [-0.3, -0.25) is 4.90 Å². The largest absolute Gasteiger partial charge is 0.336 e. The molecular formula is C11H20N4. The molecule has 2 N–H and O–H groups in total. The third kappa shape index (κ3) is 2.21. The lowest BCUT2D eigenvalue weighted by Gasteiger charge is -2.33. The molecule has 0 radical (unpaired) electrons. The van der Waals surface area contributed by atoms with E-state index in [1.54, 1.807) is 0 Å². The number of aryl methyl sites for hydroxylation is 1. The Hall–Kier alpha value is -0.870. The second kappa shape index (κ2) is 4.77. The first-order chi connectivity index (χ1) is 7.33. The normalized spacial score (nSPS) is 20.4. The average molecular weight is 208 g/mol. The molecule has 84 valence electrons. The van der Waals surface area contributed by atoms with Crippen molar-refractivity contribution in [2.75, 3.05) is 19.6 Å². The van der Waals surface area contributed by atoms with Crippen molar-refractivity contribution in [3.63, 3.8) is 0 Å². The quantitative estimate of drug-likeness (QED) is 0.803. The minimum atomic E-state index is 0.345. The minimum absolute atomic E-state index is 0.345. The van der Waals surface area contributed by atoms with Crippen LogP contribution < -0.4 is 5.73 Å². The van der Waals surface area contributed by atoms with E-state index in [-0.39, 0.29) is 0 Å². The molecule has 0 saturated carbocycles. The number of likely N-dealkylation sites (tertiary alicyclic amines) is 1. The Kier molecular flexibility index (Phi) is 3.38. The maximum Gasteiger partial charge on any atom is 0.0946 e. The van der Waals surface area contributed by atoms with Gasteiger partial charge in [-0.25, -0.2) is 4.98 Å². The van der Waals surface area contributed by atoms with Crippen molar-refractivity contribution in [3.05, 3.63) is 18.2 Å². The smallest absolute Gasteiger partial charge is 0.0946 e. The standard InChI is InChI=1S/C11H20N4/c1-14-9-13-8-11(14)10(7-12)15-5-3-2-4-6-15/h8-10H,2-7,12H2,1H3. The summed E-state index contributed by atoms with van der Waals surface area (Å²) < 4.78 is 2.08. The second-order valence-corrected chi connectivity index (χ2v) is 4.28. The van der Waals surface area contributed by atoms with Crippen LogP contribution in [0.5, 0.6) is 0 Å². The van der Waals surface area contributed by atoms with Crippen LogP contribution in [0.25, 0.3) is 0 Å². The molecule has 1 fully saturated rings. The van der Waals surface area contributed by atoms with Crippen molar-refractivity contribution in [2.45, 2.75) is 25.3 Å². The Labute approximate surface area is 91.1 Å². The lowest BCUT2D eigenvalue weighted by Crippen LogP contribution is -2.38. The van der Waals surface area contributed by atoms with Gasteiger partial charge in [-0.1, -0.05) is 6.42 Å². The molecule has 1 atom stereocenters. The van der Waals surface area contributed by atoms with Crippen LogP contribution in [0.2, 0.25) is 0 Å². The van der Waals surface area contributed by atoms with E-state index < -0.39 is 0 Å². The molecule has 4 nitrogen and oxygen atoms in total. The summed E-state index contributed by atoms with van der Waals surface area (Å²) in [6.45, 7) is 3.03. The number of rotatable bonds is 3. The van der Waals surface area contributed by atoms with Crippen LogP contribution in [0.15, 0.2) is 12.5 Å². The highest BCUT2D eigenvalue weighted by Gasteiger charge is 2.22. The van der Waals surface area contributed by atoms with Crippen LogP contribution in [0.3, 0.4) is 0 Å². The molecule has 1 saturated heterocycles. The molecule has 2 heterocycles. The first-order valence-corrected chi connectivity index (χ1v) is 5.73. The van der Waals surface area contributed by atoms with Gasteiger partial charge in [-0.15, -0.1) is 0 Å². The minimum Gasteiger partial charge on any atom is -0.336 e. The fourth-order valence-electron chi connectivity index (χ4n) is 2.38. The topological polar surface area (TPSA) is 47.1 Å². The lowest BCUT2D eigenvalue weighted by molar-refractivity contribution is 0.162. The van der Waals surface area contributed by atoms with Gasteiger partial charge in [0.15, 0.2) is 0 Å². The number of hydrogen-bond donors (Lipinski definition) is 1. The predicted molar refractivity (Wildman–Crippen MR) is 60.4 cm³/mol. The van der Waals surface area contributed by atoms with Crippen molar-refractivity contribution in [1.29, 1.82) is 0 Å². The summed E-state index contributed by atoms with van der Waals surface area (Å²) in [5.74, 6) is 0. The third-order valence-electron chi connectivity index (χ3n) is 3.25. The number of nitrogens with two attached hydrogens (primary N) is 1. The van der Waals surface area contributed by atoms with Crippen LogP contribution in [-0.2, 0) is 7.05 Å². The maximum atomic E-state index is 5.88. The molecule has 1 aromatic rings. The van der Waals surface area contributed by atoms with Gasteiger partial charge >= 0.3 is 0 Å². The van der Waals surface area contributed by atoms with Crippen molar-refractivity contribution in [2.24, 2.45) is 12.8 Å². The van der Waals surface area contributed by atoms with Crippen LogP contribution in [0.1, 0.15) is 31.0 Å². The fourth-order valence-corrected chi connectivity index (χ4v) is 2.38. The summed E-state index contributed by atoms with van der Waals surface area (Å²) in [5.41, 5.74) is 7.12. The summed E-state index contributed by atoms with van der Waals surface area (Å²) in [5, 5.41) is 0. The van der Waals surface area contributed by atoms with Gasteiger partial charge in [0.1, 0.15) is 0 Å². The summed E-state index contributed by atoms with van der Waals surface area (Å²) in [7, 11) is 2.04. The van der Waals surface area contributed by atoms with Crippen molar-refractivity contribution in [1.82, 2.24) is 14.5 Å². The molecule has 2 rings (SSSR count). The van der Waals surface area contributed by atoms with E-state index in [1.807, 2.05) is 19.6 Å². The molecule has 0 spiro atoms. The number of imidazole rings is 1. The molecule has 1 aromatic heterocycles. The maximum absolute atomic E-state index is 5.88. The van der Waals surface area contributed by atoms with Crippen molar-refractivity contribution in [3.8, 4) is 0 Å². The zero-order chi connectivity index (χ0) is 10.7. The number of piperidine rings is 1. The molecule has 1 aliphatic heterocycles. The molecule has 1 unspecified atom stereocenters. The molecule has 0 aromatic carbocycles. The van der Waals surface area contributed by atoms with Gasteiger partial charge in [0, 0.05) is 19.8 Å². The monoisotopic (exact) mass is 208 g/mol. The fraction of sp³-hybridized carbons (Fsp3) is 0.727. The average Bonchev–Trinajstić information content (AvgIpc) is 2.68. The molecule has 0 amide bonds. The van der Waals surface area contributed by atoms with Crippen LogP contribution in [-0.4, -0.2) is 34.1 Å². The Bertz CT molecular complexity index is 301. The molecule has 4 heteroatoms. The van der Waals surface area contributed by atoms with Gasteiger partial charge in [0.25, 0.3) is 0 Å². The zero-order valence-corrected chi connectivity index (χ0v) is 9.39. The number of aromatic nitrogens is 2. The van der Waals surface area contributed by atoms with E-state index in [0.717, 1.165) is 0 Å². The second-order valence-electron chi connectivity index (χ2n) is 4.28. The van der Waals surface area contributed by atoms with E-state index >= 15 is 0 Å². The van der Waals surface area contributed by atoms with Crippen molar-refractivity contribution >= 4 is 0 Å². The summed E-state index contributed by atoms with van der Waals surface area (Å²) in [6, 6.07) is 0.345.